The molecule has 23 heavy (non-hydrogen) atoms. The summed E-state index contributed by atoms with van der Waals surface area (Å²) in [5.74, 6) is -0.308. The van der Waals surface area contributed by atoms with Crippen molar-refractivity contribution in [2.75, 3.05) is 33.7 Å². The van der Waals surface area contributed by atoms with E-state index in [2.05, 4.69) is 10.6 Å². The Morgan fingerprint density at radius 1 is 1.09 bits per heavy atom. The topological polar surface area (TPSA) is 61.4 Å². The highest BCUT2D eigenvalue weighted by Gasteiger charge is 2.56. The summed E-state index contributed by atoms with van der Waals surface area (Å²) >= 11 is 5.84. The number of carbonyl (C=O) groups is 2. The molecule has 126 valence electrons. The van der Waals surface area contributed by atoms with Crippen molar-refractivity contribution in [3.8, 4) is 0 Å². The summed E-state index contributed by atoms with van der Waals surface area (Å²) in [7, 11) is 3.89. The minimum Gasteiger partial charge on any atom is -0.355 e. The highest BCUT2D eigenvalue weighted by atomic mass is 35.5. The van der Waals surface area contributed by atoms with E-state index in [-0.39, 0.29) is 11.8 Å². The second-order valence-electron chi connectivity index (χ2n) is 6.27. The van der Waals surface area contributed by atoms with Crippen molar-refractivity contribution in [1.29, 1.82) is 0 Å². The van der Waals surface area contributed by atoms with Crippen molar-refractivity contribution in [1.82, 2.24) is 15.5 Å². The van der Waals surface area contributed by atoms with Crippen LogP contribution in [0.25, 0.3) is 0 Å². The highest BCUT2D eigenvalue weighted by molar-refractivity contribution is 6.30. The van der Waals surface area contributed by atoms with Crippen LogP contribution in [0, 0.1) is 5.41 Å². The summed E-state index contributed by atoms with van der Waals surface area (Å²) in [4.78, 5) is 26.5. The van der Waals surface area contributed by atoms with Crippen molar-refractivity contribution in [3.05, 3.63) is 34.9 Å². The third kappa shape index (κ3) is 4.94. The fourth-order valence-electron chi connectivity index (χ4n) is 2.39. The maximum absolute atomic E-state index is 12.3. The zero-order valence-electron chi connectivity index (χ0n) is 13.7. The molecule has 1 aliphatic rings. The minimum atomic E-state index is -0.841. The Kier molecular flexibility index (Phi) is 6.02. The molecule has 2 N–H and O–H groups in total. The molecule has 0 heterocycles. The van der Waals surface area contributed by atoms with Gasteiger partial charge in [-0.2, -0.15) is 0 Å². The Bertz CT molecular complexity index is 553. The average molecular weight is 338 g/mol. The van der Waals surface area contributed by atoms with Gasteiger partial charge in [0.25, 0.3) is 0 Å². The first-order chi connectivity index (χ1) is 10.9. The largest absolute Gasteiger partial charge is 0.355 e. The summed E-state index contributed by atoms with van der Waals surface area (Å²) < 4.78 is 0. The Labute approximate surface area is 142 Å². The number of benzene rings is 1. The van der Waals surface area contributed by atoms with Crippen LogP contribution in [0.5, 0.6) is 0 Å². The van der Waals surface area contributed by atoms with Crippen molar-refractivity contribution in [3.63, 3.8) is 0 Å². The number of nitrogens with zero attached hydrogens (tertiary/aromatic N) is 1. The van der Waals surface area contributed by atoms with Crippen LogP contribution in [-0.2, 0) is 16.0 Å². The van der Waals surface area contributed by atoms with E-state index in [0.29, 0.717) is 31.0 Å². The third-order valence-electron chi connectivity index (χ3n) is 4.08. The quantitative estimate of drug-likeness (QED) is 0.706. The number of carbonyl (C=O) groups excluding carboxylic acids is 2. The van der Waals surface area contributed by atoms with E-state index >= 15 is 0 Å². The first-order valence-corrected chi connectivity index (χ1v) is 8.27. The van der Waals surface area contributed by atoms with Crippen LogP contribution in [0.15, 0.2) is 24.3 Å². The molecule has 1 aromatic rings. The molecule has 2 rings (SSSR count). The Morgan fingerprint density at radius 2 is 1.65 bits per heavy atom. The molecule has 0 aliphatic heterocycles. The summed E-state index contributed by atoms with van der Waals surface area (Å²) in [6, 6.07) is 7.54. The fraction of sp³-hybridized carbons (Fsp3) is 0.529. The molecular weight excluding hydrogens is 314 g/mol. The van der Waals surface area contributed by atoms with Crippen LogP contribution < -0.4 is 10.6 Å². The number of rotatable bonds is 8. The van der Waals surface area contributed by atoms with Crippen molar-refractivity contribution in [2.24, 2.45) is 5.41 Å². The molecule has 1 aliphatic carbocycles. The van der Waals surface area contributed by atoms with Gasteiger partial charge in [0.1, 0.15) is 5.41 Å². The van der Waals surface area contributed by atoms with E-state index in [4.69, 9.17) is 11.6 Å². The van der Waals surface area contributed by atoms with E-state index in [9.17, 15) is 9.59 Å². The van der Waals surface area contributed by atoms with Gasteiger partial charge in [-0.3, -0.25) is 9.59 Å². The van der Waals surface area contributed by atoms with Crippen molar-refractivity contribution in [2.45, 2.75) is 19.3 Å². The molecule has 1 aromatic carbocycles. The van der Waals surface area contributed by atoms with Crippen LogP contribution in [0.1, 0.15) is 18.4 Å². The van der Waals surface area contributed by atoms with Crippen molar-refractivity contribution >= 4 is 23.4 Å². The molecular formula is C17H24ClN3O2. The standard InChI is InChI=1S/C17H24ClN3O2/c1-21(2)12-11-20-16(23)17(8-9-17)15(22)19-10-7-13-3-5-14(18)6-4-13/h3-6H,7-12H2,1-2H3,(H,19,22)(H,20,23). The molecule has 5 nitrogen and oxygen atoms in total. The van der Waals surface area contributed by atoms with Gasteiger partial charge in [0.05, 0.1) is 0 Å². The normalized spacial score (nSPS) is 15.3. The maximum atomic E-state index is 12.3. The predicted molar refractivity (Wildman–Crippen MR) is 91.4 cm³/mol. The molecule has 6 heteroatoms. The number of likely N-dealkylation sites (N-methyl/N-ethyl adjacent to an activating group) is 1. The summed E-state index contributed by atoms with van der Waals surface area (Å²) in [5.41, 5.74) is 0.266. The van der Waals surface area contributed by atoms with E-state index in [1.807, 2.05) is 43.3 Å². The number of hydrogen-bond donors (Lipinski definition) is 2. The second kappa shape index (κ2) is 7.79. The number of hydrogen-bond acceptors (Lipinski definition) is 3. The van der Waals surface area contributed by atoms with E-state index in [1.54, 1.807) is 0 Å². The molecule has 2 amide bonds. The summed E-state index contributed by atoms with van der Waals surface area (Å²) in [6.07, 6.45) is 1.99. The third-order valence-corrected chi connectivity index (χ3v) is 4.33. The number of halogens is 1. The lowest BCUT2D eigenvalue weighted by atomic mass is 10.0. The molecule has 0 atom stereocenters. The lowest BCUT2D eigenvalue weighted by Crippen LogP contribution is -2.45. The summed E-state index contributed by atoms with van der Waals surface area (Å²) in [5, 5.41) is 6.44. The summed E-state index contributed by atoms with van der Waals surface area (Å²) in [6.45, 7) is 1.85. The van der Waals surface area contributed by atoms with Crippen LogP contribution in [0.2, 0.25) is 5.02 Å². The molecule has 1 fully saturated rings. The molecule has 0 saturated heterocycles. The Hall–Kier alpha value is -1.59. The molecule has 0 bridgehead atoms. The molecule has 0 unspecified atom stereocenters. The second-order valence-corrected chi connectivity index (χ2v) is 6.71. The lowest BCUT2D eigenvalue weighted by Gasteiger charge is -2.16. The van der Waals surface area contributed by atoms with Gasteiger partial charge in [-0.05, 0) is 51.1 Å². The molecule has 0 aromatic heterocycles. The zero-order valence-corrected chi connectivity index (χ0v) is 14.4. The first-order valence-electron chi connectivity index (χ1n) is 7.90. The van der Waals surface area contributed by atoms with Gasteiger partial charge < -0.3 is 15.5 Å². The zero-order chi connectivity index (χ0) is 16.9. The van der Waals surface area contributed by atoms with E-state index < -0.39 is 5.41 Å². The minimum absolute atomic E-state index is 0.150. The predicted octanol–water partition coefficient (Wildman–Crippen LogP) is 1.46. The van der Waals surface area contributed by atoms with Gasteiger partial charge in [0.2, 0.25) is 11.8 Å². The van der Waals surface area contributed by atoms with Crippen molar-refractivity contribution < 1.29 is 9.59 Å². The first kappa shape index (κ1) is 17.8. The maximum Gasteiger partial charge on any atom is 0.235 e. The Balaban J connectivity index is 1.76. The highest BCUT2D eigenvalue weighted by Crippen LogP contribution is 2.46. The lowest BCUT2D eigenvalue weighted by molar-refractivity contribution is -0.137. The van der Waals surface area contributed by atoms with Crippen LogP contribution in [-0.4, -0.2) is 50.4 Å². The van der Waals surface area contributed by atoms with Gasteiger partial charge in [-0.15, -0.1) is 0 Å². The van der Waals surface area contributed by atoms with Gasteiger partial charge in [-0.25, -0.2) is 0 Å². The molecule has 0 spiro atoms. The number of amides is 2. The van der Waals surface area contributed by atoms with Gasteiger partial charge in [-0.1, -0.05) is 23.7 Å². The smallest absolute Gasteiger partial charge is 0.235 e. The SMILES string of the molecule is CN(C)CCNC(=O)C1(C(=O)NCCc2ccc(Cl)cc2)CC1. The van der Waals surface area contributed by atoms with Gasteiger partial charge in [0.15, 0.2) is 0 Å². The number of nitrogens with one attached hydrogen (secondary N) is 2. The fourth-order valence-corrected chi connectivity index (χ4v) is 2.51. The van der Waals surface area contributed by atoms with E-state index in [0.717, 1.165) is 18.5 Å². The Morgan fingerprint density at radius 3 is 2.17 bits per heavy atom. The molecule has 0 radical (unpaired) electrons. The van der Waals surface area contributed by atoms with Gasteiger partial charge >= 0.3 is 0 Å². The monoisotopic (exact) mass is 337 g/mol. The molecule has 1 saturated carbocycles. The van der Waals surface area contributed by atoms with Crippen LogP contribution >= 0.6 is 11.6 Å². The average Bonchev–Trinajstić information content (AvgIpc) is 3.30. The van der Waals surface area contributed by atoms with Crippen LogP contribution in [0.4, 0.5) is 0 Å². The van der Waals surface area contributed by atoms with Crippen LogP contribution in [0.3, 0.4) is 0 Å². The van der Waals surface area contributed by atoms with E-state index in [1.165, 1.54) is 0 Å². The van der Waals surface area contributed by atoms with Gasteiger partial charge in [0, 0.05) is 24.7 Å².